The van der Waals surface area contributed by atoms with E-state index in [1.54, 1.807) is 29.2 Å². The van der Waals surface area contributed by atoms with Gasteiger partial charge in [0.15, 0.2) is 5.69 Å². The van der Waals surface area contributed by atoms with E-state index in [4.69, 9.17) is 0 Å². The Bertz CT molecular complexity index is 1000. The molecule has 1 atom stereocenters. The van der Waals surface area contributed by atoms with Gasteiger partial charge in [-0.1, -0.05) is 25.1 Å². The van der Waals surface area contributed by atoms with Crippen LogP contribution in [0.5, 0.6) is 0 Å². The molecule has 154 valence electrons. The monoisotopic (exact) mass is 399 g/mol. The van der Waals surface area contributed by atoms with E-state index in [0.717, 1.165) is 6.42 Å². The highest BCUT2D eigenvalue weighted by Crippen LogP contribution is 2.17. The van der Waals surface area contributed by atoms with Crippen LogP contribution in [0.3, 0.4) is 0 Å². The van der Waals surface area contributed by atoms with Crippen molar-refractivity contribution in [3.05, 3.63) is 40.3 Å². The third kappa shape index (κ3) is 4.44. The Morgan fingerprint density at radius 2 is 1.90 bits per heavy atom. The van der Waals surface area contributed by atoms with Crippen molar-refractivity contribution in [3.8, 4) is 0 Å². The SMILES string of the molecule is CCCn1nc(C(=O)NNC(=O)[C@H]2CCCN(C(C)=O)C2)c2ccccc2c1=O. The molecule has 2 aromatic rings. The van der Waals surface area contributed by atoms with Gasteiger partial charge in [0, 0.05) is 31.9 Å². The molecule has 1 aliphatic rings. The number of aromatic nitrogens is 2. The molecule has 29 heavy (non-hydrogen) atoms. The van der Waals surface area contributed by atoms with Crippen molar-refractivity contribution in [1.29, 1.82) is 0 Å². The van der Waals surface area contributed by atoms with Crippen LogP contribution in [-0.4, -0.2) is 45.5 Å². The van der Waals surface area contributed by atoms with Crippen LogP contribution in [0.2, 0.25) is 0 Å². The van der Waals surface area contributed by atoms with Crippen LogP contribution >= 0.6 is 0 Å². The predicted molar refractivity (Wildman–Crippen MR) is 107 cm³/mol. The van der Waals surface area contributed by atoms with Gasteiger partial charge >= 0.3 is 0 Å². The van der Waals surface area contributed by atoms with Gasteiger partial charge in [0.05, 0.1) is 11.3 Å². The van der Waals surface area contributed by atoms with Crippen molar-refractivity contribution >= 4 is 28.5 Å². The van der Waals surface area contributed by atoms with E-state index < -0.39 is 5.91 Å². The fourth-order valence-corrected chi connectivity index (χ4v) is 3.52. The minimum absolute atomic E-state index is 0.0691. The molecule has 3 amide bonds. The summed E-state index contributed by atoms with van der Waals surface area (Å²) in [5.41, 5.74) is 4.66. The summed E-state index contributed by atoms with van der Waals surface area (Å²) in [6, 6.07) is 6.76. The first-order chi connectivity index (χ1) is 13.9. The van der Waals surface area contributed by atoms with Crippen LogP contribution in [0.25, 0.3) is 10.8 Å². The minimum Gasteiger partial charge on any atom is -0.342 e. The third-order valence-corrected chi connectivity index (χ3v) is 5.05. The number of likely N-dealkylation sites (tertiary alicyclic amines) is 1. The van der Waals surface area contributed by atoms with Crippen molar-refractivity contribution in [2.24, 2.45) is 5.92 Å². The second-order valence-electron chi connectivity index (χ2n) is 7.17. The summed E-state index contributed by atoms with van der Waals surface area (Å²) in [7, 11) is 0. The first-order valence-corrected chi connectivity index (χ1v) is 9.78. The molecule has 9 nitrogen and oxygen atoms in total. The number of hydrogen-bond acceptors (Lipinski definition) is 5. The van der Waals surface area contributed by atoms with Crippen molar-refractivity contribution in [1.82, 2.24) is 25.5 Å². The van der Waals surface area contributed by atoms with Crippen LogP contribution in [0.4, 0.5) is 0 Å². The van der Waals surface area contributed by atoms with Gasteiger partial charge in [0.25, 0.3) is 11.5 Å². The molecule has 0 saturated carbocycles. The highest BCUT2D eigenvalue weighted by Gasteiger charge is 2.27. The Balaban J connectivity index is 1.76. The van der Waals surface area contributed by atoms with Crippen molar-refractivity contribution in [3.63, 3.8) is 0 Å². The van der Waals surface area contributed by atoms with Crippen LogP contribution in [-0.2, 0) is 16.1 Å². The highest BCUT2D eigenvalue weighted by molar-refractivity contribution is 6.05. The van der Waals surface area contributed by atoms with Crippen LogP contribution in [0.15, 0.2) is 29.1 Å². The third-order valence-electron chi connectivity index (χ3n) is 5.05. The van der Waals surface area contributed by atoms with Crippen molar-refractivity contribution < 1.29 is 14.4 Å². The largest absolute Gasteiger partial charge is 0.342 e. The highest BCUT2D eigenvalue weighted by atomic mass is 16.2. The van der Waals surface area contributed by atoms with Gasteiger partial charge < -0.3 is 4.90 Å². The molecule has 2 N–H and O–H groups in total. The zero-order valence-corrected chi connectivity index (χ0v) is 16.6. The number of nitrogens with one attached hydrogen (secondary N) is 2. The predicted octanol–water partition coefficient (Wildman–Crippen LogP) is 0.826. The molecule has 9 heteroatoms. The van der Waals surface area contributed by atoms with Gasteiger partial charge in [-0.25, -0.2) is 4.68 Å². The lowest BCUT2D eigenvalue weighted by atomic mass is 9.97. The average molecular weight is 399 g/mol. The Morgan fingerprint density at radius 3 is 2.59 bits per heavy atom. The number of amides is 3. The van der Waals surface area contributed by atoms with Crippen molar-refractivity contribution in [2.75, 3.05) is 13.1 Å². The number of rotatable bonds is 4. The van der Waals surface area contributed by atoms with Gasteiger partial charge in [-0.2, -0.15) is 5.10 Å². The normalized spacial score (nSPS) is 16.5. The number of carbonyl (C=O) groups is 3. The molecule has 1 aromatic carbocycles. The number of hydrogen-bond donors (Lipinski definition) is 2. The summed E-state index contributed by atoms with van der Waals surface area (Å²) in [5.74, 6) is -1.40. The molecule has 0 radical (unpaired) electrons. The van der Waals surface area contributed by atoms with Gasteiger partial charge in [-0.05, 0) is 25.3 Å². The summed E-state index contributed by atoms with van der Waals surface area (Å²) in [5, 5.41) is 5.03. The molecule has 0 aliphatic carbocycles. The Kier molecular flexibility index (Phi) is 6.26. The smallest absolute Gasteiger partial charge is 0.290 e. The summed E-state index contributed by atoms with van der Waals surface area (Å²) < 4.78 is 1.27. The number of hydrazine groups is 1. The quantitative estimate of drug-likeness (QED) is 0.739. The van der Waals surface area contributed by atoms with E-state index in [1.807, 2.05) is 6.92 Å². The Hall–Kier alpha value is -3.23. The molecule has 1 aromatic heterocycles. The zero-order valence-electron chi connectivity index (χ0n) is 16.6. The van der Waals surface area contributed by atoms with E-state index in [-0.39, 0.29) is 29.0 Å². The van der Waals surface area contributed by atoms with E-state index in [1.165, 1.54) is 11.6 Å². The van der Waals surface area contributed by atoms with E-state index in [9.17, 15) is 19.2 Å². The van der Waals surface area contributed by atoms with E-state index >= 15 is 0 Å². The molecule has 1 aliphatic heterocycles. The van der Waals surface area contributed by atoms with Crippen LogP contribution in [0.1, 0.15) is 43.6 Å². The summed E-state index contributed by atoms with van der Waals surface area (Å²) in [6.07, 6.45) is 2.07. The second kappa shape index (κ2) is 8.85. The van der Waals surface area contributed by atoms with E-state index in [0.29, 0.717) is 43.2 Å². The first kappa shape index (κ1) is 20.5. The van der Waals surface area contributed by atoms with Gasteiger partial charge in [-0.3, -0.25) is 30.0 Å². The fourth-order valence-electron chi connectivity index (χ4n) is 3.52. The maximum Gasteiger partial charge on any atom is 0.290 e. The number of benzene rings is 1. The molecule has 1 saturated heterocycles. The van der Waals surface area contributed by atoms with Crippen molar-refractivity contribution in [2.45, 2.75) is 39.7 Å². The summed E-state index contributed by atoms with van der Waals surface area (Å²) in [6.45, 7) is 4.75. The number of aryl methyl sites for hydroxylation is 1. The summed E-state index contributed by atoms with van der Waals surface area (Å²) >= 11 is 0. The molecule has 3 rings (SSSR count). The van der Waals surface area contributed by atoms with Gasteiger partial charge in [0.1, 0.15) is 0 Å². The number of fused-ring (bicyclic) bond motifs is 1. The maximum atomic E-state index is 12.7. The number of piperidine rings is 1. The van der Waals surface area contributed by atoms with E-state index in [2.05, 4.69) is 16.0 Å². The lowest BCUT2D eigenvalue weighted by molar-refractivity contribution is -0.134. The van der Waals surface area contributed by atoms with Crippen LogP contribution in [0, 0.1) is 5.92 Å². The molecule has 1 fully saturated rings. The van der Waals surface area contributed by atoms with Crippen LogP contribution < -0.4 is 16.4 Å². The first-order valence-electron chi connectivity index (χ1n) is 9.78. The topological polar surface area (TPSA) is 113 Å². The zero-order chi connectivity index (χ0) is 21.0. The molecular weight excluding hydrogens is 374 g/mol. The molecule has 0 bridgehead atoms. The maximum absolute atomic E-state index is 12.7. The molecule has 0 unspecified atom stereocenters. The Labute approximate surface area is 168 Å². The molecular formula is C20H25N5O4. The molecule has 0 spiro atoms. The number of carbonyl (C=O) groups excluding carboxylic acids is 3. The lowest BCUT2D eigenvalue weighted by Crippen LogP contribution is -2.50. The number of nitrogens with zero attached hydrogens (tertiary/aromatic N) is 3. The summed E-state index contributed by atoms with van der Waals surface area (Å²) in [4.78, 5) is 50.9. The standard InChI is InChI=1S/C20H25N5O4/c1-3-10-25-20(29)16-9-5-4-8-15(16)17(23-25)19(28)22-21-18(27)14-7-6-11-24(12-14)13(2)26/h4-5,8-9,14H,3,6-7,10-12H2,1-2H3,(H,21,27)(H,22,28)/t14-/m0/s1. The Morgan fingerprint density at radius 1 is 1.17 bits per heavy atom. The average Bonchev–Trinajstić information content (AvgIpc) is 2.74. The fraction of sp³-hybridized carbons (Fsp3) is 0.450. The van der Waals surface area contributed by atoms with Gasteiger partial charge in [-0.15, -0.1) is 0 Å². The van der Waals surface area contributed by atoms with Gasteiger partial charge in [0.2, 0.25) is 11.8 Å². The lowest BCUT2D eigenvalue weighted by Gasteiger charge is -2.31. The molecule has 2 heterocycles. The minimum atomic E-state index is -0.598. The second-order valence-corrected chi connectivity index (χ2v) is 7.17.